The van der Waals surface area contributed by atoms with Crippen molar-refractivity contribution in [2.45, 2.75) is 51.2 Å². The molecule has 27 heavy (non-hydrogen) atoms. The molecule has 4 heteroatoms. The Bertz CT molecular complexity index is 804. The Kier molecular flexibility index (Phi) is 6.32. The average Bonchev–Trinajstić information content (AvgIpc) is 2.62. The Morgan fingerprint density at radius 3 is 2.15 bits per heavy atom. The largest absolute Gasteiger partial charge is 0.388 e. The van der Waals surface area contributed by atoms with Crippen molar-refractivity contribution in [1.29, 1.82) is 0 Å². The number of allylic oxidation sites excluding steroid dienone is 1. The molecular formula is C23H27Cl2NO. The van der Waals surface area contributed by atoms with Crippen LogP contribution in [0.5, 0.6) is 0 Å². The molecule has 1 aliphatic carbocycles. The Balaban J connectivity index is 2.05. The van der Waals surface area contributed by atoms with Gasteiger partial charge in [-0.25, -0.2) is 0 Å². The van der Waals surface area contributed by atoms with E-state index in [1.807, 2.05) is 62.4 Å². The summed E-state index contributed by atoms with van der Waals surface area (Å²) >= 11 is 12.1. The highest BCUT2D eigenvalue weighted by Crippen LogP contribution is 2.39. The zero-order valence-corrected chi connectivity index (χ0v) is 17.4. The predicted molar refractivity (Wildman–Crippen MR) is 115 cm³/mol. The average molecular weight is 404 g/mol. The number of hydrogen-bond donors (Lipinski definition) is 2. The van der Waals surface area contributed by atoms with Crippen molar-refractivity contribution in [3.8, 4) is 0 Å². The summed E-state index contributed by atoms with van der Waals surface area (Å²) in [6.07, 6.45) is 3.08. The molecule has 144 valence electrons. The Morgan fingerprint density at radius 2 is 1.59 bits per heavy atom. The number of nitrogens with two attached hydrogens (primary N) is 1. The first-order valence-corrected chi connectivity index (χ1v) is 10.2. The molecule has 0 saturated heterocycles. The molecule has 0 aliphatic heterocycles. The number of hydrogen-bond acceptors (Lipinski definition) is 2. The van der Waals surface area contributed by atoms with Crippen LogP contribution in [0.15, 0.2) is 54.1 Å². The maximum absolute atomic E-state index is 11.2. The minimum atomic E-state index is -0.531. The Labute approximate surface area is 172 Å². The molecule has 2 aromatic carbocycles. The van der Waals surface area contributed by atoms with E-state index in [1.165, 1.54) is 0 Å². The Hall–Kier alpha value is -1.32. The van der Waals surface area contributed by atoms with Gasteiger partial charge in [-0.1, -0.05) is 47.5 Å². The van der Waals surface area contributed by atoms with Crippen molar-refractivity contribution < 1.29 is 5.11 Å². The second-order valence-electron chi connectivity index (χ2n) is 8.08. The summed E-state index contributed by atoms with van der Waals surface area (Å²) in [4.78, 5) is 0. The molecule has 3 rings (SSSR count). The summed E-state index contributed by atoms with van der Waals surface area (Å²) in [5.41, 5.74) is 10.5. The van der Waals surface area contributed by atoms with E-state index in [0.29, 0.717) is 5.02 Å². The van der Waals surface area contributed by atoms with Crippen molar-refractivity contribution in [1.82, 2.24) is 0 Å². The van der Waals surface area contributed by atoms with E-state index in [1.54, 1.807) is 0 Å². The van der Waals surface area contributed by atoms with Gasteiger partial charge in [0.25, 0.3) is 0 Å². The SMILES string of the molecule is CC(C)(N)C1CCCC(=C(Cc2ccc(Cl)cc2)c2ccc(Cl)cc2)C1O. The lowest BCUT2D eigenvalue weighted by Crippen LogP contribution is -2.48. The summed E-state index contributed by atoms with van der Waals surface area (Å²) in [5.74, 6) is 0.0498. The van der Waals surface area contributed by atoms with Crippen molar-refractivity contribution in [3.63, 3.8) is 0 Å². The molecule has 1 saturated carbocycles. The van der Waals surface area contributed by atoms with Crippen LogP contribution >= 0.6 is 23.2 Å². The lowest BCUT2D eigenvalue weighted by Gasteiger charge is -2.40. The molecule has 0 amide bonds. The molecular weight excluding hydrogens is 377 g/mol. The van der Waals surface area contributed by atoms with Crippen LogP contribution < -0.4 is 5.73 Å². The first kappa shape index (κ1) is 20.4. The number of rotatable bonds is 4. The van der Waals surface area contributed by atoms with Gasteiger partial charge in [0, 0.05) is 21.5 Å². The smallest absolute Gasteiger partial charge is 0.0801 e. The molecule has 0 bridgehead atoms. The van der Waals surface area contributed by atoms with E-state index in [2.05, 4.69) is 0 Å². The van der Waals surface area contributed by atoms with Gasteiger partial charge in [0.05, 0.1) is 6.10 Å². The van der Waals surface area contributed by atoms with Gasteiger partial charge in [-0.2, -0.15) is 0 Å². The quantitative estimate of drug-likeness (QED) is 0.668. The van der Waals surface area contributed by atoms with Crippen molar-refractivity contribution in [3.05, 3.63) is 75.3 Å². The van der Waals surface area contributed by atoms with Crippen molar-refractivity contribution >= 4 is 28.8 Å². The maximum Gasteiger partial charge on any atom is 0.0801 e. The van der Waals surface area contributed by atoms with Gasteiger partial charge in [-0.05, 0) is 86.1 Å². The maximum atomic E-state index is 11.2. The third-order valence-electron chi connectivity index (χ3n) is 5.53. The van der Waals surface area contributed by atoms with Gasteiger partial charge in [-0.15, -0.1) is 0 Å². The van der Waals surface area contributed by atoms with Crippen molar-refractivity contribution in [2.75, 3.05) is 0 Å². The van der Waals surface area contributed by atoms with Crippen LogP contribution in [-0.2, 0) is 6.42 Å². The van der Waals surface area contributed by atoms with Gasteiger partial charge < -0.3 is 10.8 Å². The molecule has 1 fully saturated rings. The van der Waals surface area contributed by atoms with Gasteiger partial charge in [0.2, 0.25) is 0 Å². The summed E-state index contributed by atoms with van der Waals surface area (Å²) in [5, 5.41) is 12.6. The van der Waals surface area contributed by atoms with Crippen LogP contribution in [0.25, 0.3) is 5.57 Å². The van der Waals surface area contributed by atoms with Crippen LogP contribution in [0.2, 0.25) is 10.0 Å². The van der Waals surface area contributed by atoms with Crippen LogP contribution in [0.4, 0.5) is 0 Å². The van der Waals surface area contributed by atoms with Gasteiger partial charge >= 0.3 is 0 Å². The fourth-order valence-corrected chi connectivity index (χ4v) is 4.28. The van der Waals surface area contributed by atoms with Crippen LogP contribution in [0.1, 0.15) is 44.2 Å². The molecule has 0 spiro atoms. The summed E-state index contributed by atoms with van der Waals surface area (Å²) in [7, 11) is 0. The minimum Gasteiger partial charge on any atom is -0.388 e. The zero-order chi connectivity index (χ0) is 19.6. The van der Waals surface area contributed by atoms with E-state index in [9.17, 15) is 5.11 Å². The lowest BCUT2D eigenvalue weighted by atomic mass is 9.71. The zero-order valence-electron chi connectivity index (χ0n) is 15.9. The third kappa shape index (κ3) is 4.94. The number of benzene rings is 2. The van der Waals surface area contributed by atoms with Gasteiger partial charge in [0.1, 0.15) is 0 Å². The molecule has 0 radical (unpaired) electrons. The van der Waals surface area contributed by atoms with E-state index >= 15 is 0 Å². The molecule has 0 aromatic heterocycles. The number of aliphatic hydroxyl groups is 1. The molecule has 2 atom stereocenters. The van der Waals surface area contributed by atoms with Crippen LogP contribution in [0, 0.1) is 5.92 Å². The standard InChI is InChI=1S/C23H27Cl2NO/c1-23(2,26)21-5-3-4-19(22(21)27)20(16-8-12-18(25)13-9-16)14-15-6-10-17(24)11-7-15/h6-13,21-22,27H,3-5,14,26H2,1-2H3. The van der Waals surface area contributed by atoms with E-state index in [-0.39, 0.29) is 5.92 Å². The highest BCUT2D eigenvalue weighted by atomic mass is 35.5. The molecule has 2 aromatic rings. The minimum absolute atomic E-state index is 0.0498. The molecule has 0 heterocycles. The summed E-state index contributed by atoms with van der Waals surface area (Å²) < 4.78 is 0. The first-order chi connectivity index (χ1) is 12.8. The van der Waals surface area contributed by atoms with Gasteiger partial charge in [0.15, 0.2) is 0 Å². The first-order valence-electron chi connectivity index (χ1n) is 9.45. The Morgan fingerprint density at radius 1 is 1.04 bits per heavy atom. The topological polar surface area (TPSA) is 46.2 Å². The van der Waals surface area contributed by atoms with Crippen LogP contribution in [-0.4, -0.2) is 16.7 Å². The second-order valence-corrected chi connectivity index (χ2v) is 8.95. The monoisotopic (exact) mass is 403 g/mol. The summed E-state index contributed by atoms with van der Waals surface area (Å²) in [6, 6.07) is 15.8. The van der Waals surface area contributed by atoms with E-state index in [4.69, 9.17) is 28.9 Å². The third-order valence-corrected chi connectivity index (χ3v) is 6.03. The lowest BCUT2D eigenvalue weighted by molar-refractivity contribution is 0.0740. The normalized spacial score (nSPS) is 22.6. The molecule has 2 nitrogen and oxygen atoms in total. The molecule has 2 unspecified atom stereocenters. The van der Waals surface area contributed by atoms with Crippen LogP contribution in [0.3, 0.4) is 0 Å². The summed E-state index contributed by atoms with van der Waals surface area (Å²) in [6.45, 7) is 4.01. The van der Waals surface area contributed by atoms with Crippen molar-refractivity contribution in [2.24, 2.45) is 11.7 Å². The van der Waals surface area contributed by atoms with Gasteiger partial charge in [-0.3, -0.25) is 0 Å². The molecule has 1 aliphatic rings. The predicted octanol–water partition coefficient (Wildman–Crippen LogP) is 5.89. The fraction of sp³-hybridized carbons (Fsp3) is 0.391. The second kappa shape index (κ2) is 8.36. The van der Waals surface area contributed by atoms with E-state index < -0.39 is 11.6 Å². The highest BCUT2D eigenvalue weighted by molar-refractivity contribution is 6.30. The number of aliphatic hydroxyl groups excluding tert-OH is 1. The fourth-order valence-electron chi connectivity index (χ4n) is 4.03. The molecule has 3 N–H and O–H groups in total. The number of halogens is 2. The van der Waals surface area contributed by atoms with E-state index in [0.717, 1.165) is 53.0 Å². The highest BCUT2D eigenvalue weighted by Gasteiger charge is 2.37.